The Morgan fingerprint density at radius 2 is 2.12 bits per heavy atom. The molecule has 1 heterocycles. The van der Waals surface area contributed by atoms with Gasteiger partial charge in [-0.3, -0.25) is 19.7 Å². The molecule has 0 fully saturated rings. The van der Waals surface area contributed by atoms with Crippen LogP contribution in [0.3, 0.4) is 0 Å². The average Bonchev–Trinajstić information content (AvgIpc) is 2.50. The normalized spacial score (nSPS) is 10.6. The topological polar surface area (TPSA) is 123 Å². The summed E-state index contributed by atoms with van der Waals surface area (Å²) < 4.78 is 5.44. The number of non-ortho nitro benzene ring substituents is 1. The number of rotatable bonds is 6. The molecule has 0 spiro atoms. The summed E-state index contributed by atoms with van der Waals surface area (Å²) in [5, 5.41) is 22.9. The molecular formula is C16H16N2O6. The number of hydrogen-bond acceptors (Lipinski definition) is 6. The lowest BCUT2D eigenvalue weighted by Crippen LogP contribution is -2.22. The molecule has 1 aromatic heterocycles. The van der Waals surface area contributed by atoms with Crippen molar-refractivity contribution in [3.8, 4) is 11.3 Å². The largest absolute Gasteiger partial charge is 0.481 e. The van der Waals surface area contributed by atoms with E-state index in [0.29, 0.717) is 0 Å². The number of carboxylic acids is 1. The second-order valence-electron chi connectivity index (χ2n) is 5.46. The minimum atomic E-state index is -1.20. The maximum atomic E-state index is 12.5. The summed E-state index contributed by atoms with van der Waals surface area (Å²) in [7, 11) is 0. The number of carboxylic acid groups (broad SMARTS) is 1. The van der Waals surface area contributed by atoms with E-state index in [9.17, 15) is 19.7 Å². The summed E-state index contributed by atoms with van der Waals surface area (Å²) in [5.41, 5.74) is -0.322. The van der Waals surface area contributed by atoms with Crippen molar-refractivity contribution in [3.63, 3.8) is 0 Å². The molecule has 0 radical (unpaired) electrons. The third kappa shape index (κ3) is 3.78. The summed E-state index contributed by atoms with van der Waals surface area (Å²) in [4.78, 5) is 34.0. The third-order valence-corrected chi connectivity index (χ3v) is 3.18. The van der Waals surface area contributed by atoms with Gasteiger partial charge in [0, 0.05) is 23.7 Å². The van der Waals surface area contributed by atoms with Crippen molar-refractivity contribution in [2.75, 3.05) is 5.32 Å². The molecule has 0 saturated carbocycles. The van der Waals surface area contributed by atoms with E-state index in [-0.39, 0.29) is 34.3 Å². The first-order valence-electron chi connectivity index (χ1n) is 7.17. The van der Waals surface area contributed by atoms with E-state index in [1.807, 2.05) is 13.8 Å². The lowest BCUT2D eigenvalue weighted by Gasteiger charge is -2.12. The predicted octanol–water partition coefficient (Wildman–Crippen LogP) is 2.66. The molecule has 1 aromatic carbocycles. The Morgan fingerprint density at radius 1 is 1.42 bits per heavy atom. The number of nitro groups is 1. The molecule has 0 saturated heterocycles. The van der Waals surface area contributed by atoms with Crippen LogP contribution in [0, 0.1) is 10.1 Å². The highest BCUT2D eigenvalue weighted by Gasteiger charge is 2.20. The number of carbonyl (C=O) groups is 1. The molecule has 2 N–H and O–H groups in total. The van der Waals surface area contributed by atoms with Gasteiger partial charge in [0.2, 0.25) is 5.43 Å². The van der Waals surface area contributed by atoms with Gasteiger partial charge in [0.1, 0.15) is 17.7 Å². The number of anilines is 1. The number of nitro benzene ring substituents is 1. The van der Waals surface area contributed by atoms with Gasteiger partial charge in [-0.1, -0.05) is 12.1 Å². The molecule has 24 heavy (non-hydrogen) atoms. The first-order valence-corrected chi connectivity index (χ1v) is 7.17. The van der Waals surface area contributed by atoms with Gasteiger partial charge in [-0.2, -0.15) is 0 Å². The van der Waals surface area contributed by atoms with Crippen molar-refractivity contribution in [2.45, 2.75) is 26.3 Å². The van der Waals surface area contributed by atoms with E-state index >= 15 is 0 Å². The first-order chi connectivity index (χ1) is 11.3. The zero-order chi connectivity index (χ0) is 17.9. The number of nitrogens with one attached hydrogen (secondary N) is 1. The molecule has 126 valence electrons. The Balaban J connectivity index is 2.63. The van der Waals surface area contributed by atoms with Crippen LogP contribution in [0.15, 0.2) is 39.7 Å². The summed E-state index contributed by atoms with van der Waals surface area (Å²) in [6.07, 6.45) is 0.649. The van der Waals surface area contributed by atoms with E-state index in [2.05, 4.69) is 5.32 Å². The fourth-order valence-electron chi connectivity index (χ4n) is 2.23. The lowest BCUT2D eigenvalue weighted by molar-refractivity contribution is -0.384. The SMILES string of the molecule is CC(C)Nc1coc(-c2cccc([N+](=O)[O-])c2)c(CC(=O)O)c1=O. The molecular weight excluding hydrogens is 316 g/mol. The minimum Gasteiger partial charge on any atom is -0.481 e. The zero-order valence-corrected chi connectivity index (χ0v) is 13.1. The highest BCUT2D eigenvalue weighted by atomic mass is 16.6. The molecule has 0 aliphatic heterocycles. The molecule has 0 amide bonds. The Bertz CT molecular complexity index is 841. The lowest BCUT2D eigenvalue weighted by atomic mass is 10.0. The predicted molar refractivity (Wildman–Crippen MR) is 87.2 cm³/mol. The average molecular weight is 332 g/mol. The third-order valence-electron chi connectivity index (χ3n) is 3.18. The van der Waals surface area contributed by atoms with E-state index in [1.54, 1.807) is 0 Å². The second-order valence-corrected chi connectivity index (χ2v) is 5.46. The van der Waals surface area contributed by atoms with E-state index in [0.717, 1.165) is 0 Å². The molecule has 8 nitrogen and oxygen atoms in total. The van der Waals surface area contributed by atoms with Crippen molar-refractivity contribution in [1.82, 2.24) is 0 Å². The molecule has 0 bridgehead atoms. The van der Waals surface area contributed by atoms with Crippen LogP contribution in [-0.2, 0) is 11.2 Å². The van der Waals surface area contributed by atoms with Crippen molar-refractivity contribution in [3.05, 3.63) is 56.4 Å². The number of hydrogen-bond donors (Lipinski definition) is 2. The standard InChI is InChI=1S/C16H16N2O6/c1-9(2)17-13-8-24-16(12(15(13)21)7-14(19)20)10-4-3-5-11(6-10)18(22)23/h3-6,8-9,17H,7H2,1-2H3,(H,19,20). The second kappa shape index (κ2) is 6.95. The van der Waals surface area contributed by atoms with Gasteiger partial charge in [0.15, 0.2) is 0 Å². The van der Waals surface area contributed by atoms with Crippen LogP contribution in [0.25, 0.3) is 11.3 Å². The minimum absolute atomic E-state index is 0.0143. The van der Waals surface area contributed by atoms with Crippen LogP contribution in [0.1, 0.15) is 19.4 Å². The highest BCUT2D eigenvalue weighted by Crippen LogP contribution is 2.27. The van der Waals surface area contributed by atoms with Crippen molar-refractivity contribution < 1.29 is 19.2 Å². The Kier molecular flexibility index (Phi) is 4.98. The van der Waals surface area contributed by atoms with E-state index in [4.69, 9.17) is 9.52 Å². The maximum absolute atomic E-state index is 12.5. The fraction of sp³-hybridized carbons (Fsp3) is 0.250. The number of aliphatic carboxylic acids is 1. The van der Waals surface area contributed by atoms with Gasteiger partial charge in [0.05, 0.1) is 16.9 Å². The Morgan fingerprint density at radius 3 is 2.71 bits per heavy atom. The fourth-order valence-corrected chi connectivity index (χ4v) is 2.23. The summed E-state index contributed by atoms with van der Waals surface area (Å²) in [5.74, 6) is -1.18. The molecule has 0 aliphatic carbocycles. The van der Waals surface area contributed by atoms with Crippen molar-refractivity contribution in [1.29, 1.82) is 0 Å². The first kappa shape index (κ1) is 17.2. The summed E-state index contributed by atoms with van der Waals surface area (Å²) >= 11 is 0. The maximum Gasteiger partial charge on any atom is 0.308 e. The summed E-state index contributed by atoms with van der Waals surface area (Å²) in [6, 6.07) is 5.45. The van der Waals surface area contributed by atoms with Crippen molar-refractivity contribution >= 4 is 17.3 Å². The number of nitrogens with zero attached hydrogens (tertiary/aromatic N) is 1. The van der Waals surface area contributed by atoms with Crippen LogP contribution in [0.4, 0.5) is 11.4 Å². The van der Waals surface area contributed by atoms with E-state index < -0.39 is 22.7 Å². The molecule has 0 aliphatic rings. The summed E-state index contributed by atoms with van der Waals surface area (Å²) in [6.45, 7) is 3.65. The van der Waals surface area contributed by atoms with Crippen LogP contribution < -0.4 is 10.7 Å². The van der Waals surface area contributed by atoms with Crippen LogP contribution in [-0.4, -0.2) is 22.0 Å². The molecule has 0 atom stereocenters. The molecule has 2 aromatic rings. The molecule has 8 heteroatoms. The highest BCUT2D eigenvalue weighted by molar-refractivity contribution is 5.75. The van der Waals surface area contributed by atoms with Gasteiger partial charge >= 0.3 is 5.97 Å². The van der Waals surface area contributed by atoms with Gasteiger partial charge < -0.3 is 14.8 Å². The quantitative estimate of drug-likeness (QED) is 0.615. The Labute approximate surface area is 136 Å². The number of benzene rings is 1. The van der Waals surface area contributed by atoms with E-state index in [1.165, 1.54) is 30.5 Å². The van der Waals surface area contributed by atoms with Crippen LogP contribution in [0.2, 0.25) is 0 Å². The Hall–Kier alpha value is -3.16. The zero-order valence-electron chi connectivity index (χ0n) is 13.1. The van der Waals surface area contributed by atoms with Gasteiger partial charge in [-0.15, -0.1) is 0 Å². The van der Waals surface area contributed by atoms with Gasteiger partial charge in [0.25, 0.3) is 5.69 Å². The van der Waals surface area contributed by atoms with Crippen LogP contribution >= 0.6 is 0 Å². The van der Waals surface area contributed by atoms with Gasteiger partial charge in [-0.25, -0.2) is 0 Å². The van der Waals surface area contributed by atoms with Gasteiger partial charge in [-0.05, 0) is 13.8 Å². The molecule has 2 rings (SSSR count). The van der Waals surface area contributed by atoms with Crippen molar-refractivity contribution in [2.24, 2.45) is 0 Å². The van der Waals surface area contributed by atoms with Crippen LogP contribution in [0.5, 0.6) is 0 Å². The molecule has 0 unspecified atom stereocenters. The monoisotopic (exact) mass is 332 g/mol. The smallest absolute Gasteiger partial charge is 0.308 e.